The van der Waals surface area contributed by atoms with Gasteiger partial charge < -0.3 is 0 Å². The molecule has 0 amide bonds. The van der Waals surface area contributed by atoms with E-state index in [1.165, 1.54) is 6.08 Å². The normalized spacial score (nSPS) is 10.7. The quantitative estimate of drug-likeness (QED) is 0.586. The number of hydrogen-bond acceptors (Lipinski definition) is 1. The Morgan fingerprint density at radius 1 is 1.54 bits per heavy atom. The molecule has 0 spiro atoms. The average molecular weight is 260 g/mol. The van der Waals surface area contributed by atoms with Crippen LogP contribution in [0.4, 0.5) is 0 Å². The summed E-state index contributed by atoms with van der Waals surface area (Å²) in [5.41, 5.74) is 2.08. The number of benzene rings is 1. The van der Waals surface area contributed by atoms with Gasteiger partial charge in [0.25, 0.3) is 0 Å². The monoisotopic (exact) mass is 258 g/mol. The highest BCUT2D eigenvalue weighted by atomic mass is 79.9. The molecule has 0 unspecified atom stereocenters. The highest BCUT2D eigenvalue weighted by Gasteiger charge is 1.97. The molecule has 0 atom stereocenters. The van der Waals surface area contributed by atoms with Gasteiger partial charge in [-0.25, -0.2) is 0 Å². The van der Waals surface area contributed by atoms with Gasteiger partial charge in [0.2, 0.25) is 5.24 Å². The Kier molecular flexibility index (Phi) is 3.70. The number of carbonyl (C=O) groups excluding carboxylic acids is 1. The van der Waals surface area contributed by atoms with Crippen molar-refractivity contribution in [1.82, 2.24) is 0 Å². The fourth-order valence-corrected chi connectivity index (χ4v) is 1.40. The lowest BCUT2D eigenvalue weighted by Gasteiger charge is -2.01. The zero-order valence-electron chi connectivity index (χ0n) is 7.05. The smallest absolute Gasteiger partial charge is 0.245 e. The molecular weight excluding hydrogens is 251 g/mol. The van der Waals surface area contributed by atoms with E-state index in [1.807, 2.05) is 25.1 Å². The van der Waals surface area contributed by atoms with E-state index in [0.29, 0.717) is 0 Å². The minimum atomic E-state index is -0.459. The van der Waals surface area contributed by atoms with Gasteiger partial charge in [-0.3, -0.25) is 4.79 Å². The maximum atomic E-state index is 10.5. The van der Waals surface area contributed by atoms with Crippen molar-refractivity contribution in [2.75, 3.05) is 0 Å². The highest BCUT2D eigenvalue weighted by molar-refractivity contribution is 9.10. The number of halogens is 2. The second-order valence-electron chi connectivity index (χ2n) is 2.59. The molecule has 0 N–H and O–H groups in total. The van der Waals surface area contributed by atoms with Gasteiger partial charge in [-0.05, 0) is 47.9 Å². The van der Waals surface area contributed by atoms with Crippen molar-refractivity contribution in [3.05, 3.63) is 39.9 Å². The third-order valence-electron chi connectivity index (χ3n) is 1.70. The molecule has 13 heavy (non-hydrogen) atoms. The van der Waals surface area contributed by atoms with E-state index in [-0.39, 0.29) is 0 Å². The first-order chi connectivity index (χ1) is 6.11. The zero-order valence-corrected chi connectivity index (χ0v) is 9.39. The van der Waals surface area contributed by atoms with Crippen LogP contribution in [-0.4, -0.2) is 5.24 Å². The van der Waals surface area contributed by atoms with Gasteiger partial charge in [0.1, 0.15) is 0 Å². The molecule has 0 bridgehead atoms. The molecule has 0 radical (unpaired) electrons. The molecule has 0 saturated heterocycles. The molecule has 3 heteroatoms. The molecule has 1 aromatic carbocycles. The lowest BCUT2D eigenvalue weighted by atomic mass is 10.1. The van der Waals surface area contributed by atoms with Crippen molar-refractivity contribution >= 4 is 38.8 Å². The van der Waals surface area contributed by atoms with E-state index in [0.717, 1.165) is 15.6 Å². The SMILES string of the molecule is Cc1c(Br)cccc1/C=C/C(=O)Cl. The van der Waals surface area contributed by atoms with E-state index < -0.39 is 5.24 Å². The van der Waals surface area contributed by atoms with Crippen LogP contribution in [0.1, 0.15) is 11.1 Å². The van der Waals surface area contributed by atoms with Crippen LogP contribution in [0.15, 0.2) is 28.7 Å². The standard InChI is InChI=1S/C10H8BrClO/c1-7-8(5-6-10(12)13)3-2-4-9(7)11/h2-6H,1H3/b6-5+. The van der Waals surface area contributed by atoms with Crippen LogP contribution >= 0.6 is 27.5 Å². The maximum Gasteiger partial charge on any atom is 0.245 e. The topological polar surface area (TPSA) is 17.1 Å². The summed E-state index contributed by atoms with van der Waals surface area (Å²) in [7, 11) is 0. The van der Waals surface area contributed by atoms with E-state index in [2.05, 4.69) is 15.9 Å². The number of rotatable bonds is 2. The molecule has 0 aliphatic rings. The Hall–Kier alpha value is -0.600. The first-order valence-corrected chi connectivity index (χ1v) is 4.91. The molecule has 0 aromatic heterocycles. The molecule has 0 fully saturated rings. The largest absolute Gasteiger partial charge is 0.276 e. The fraction of sp³-hybridized carbons (Fsp3) is 0.100. The van der Waals surface area contributed by atoms with Gasteiger partial charge in [-0.2, -0.15) is 0 Å². The summed E-state index contributed by atoms with van der Waals surface area (Å²) in [5.74, 6) is 0. The highest BCUT2D eigenvalue weighted by Crippen LogP contribution is 2.20. The van der Waals surface area contributed by atoms with Crippen molar-refractivity contribution in [3.8, 4) is 0 Å². The van der Waals surface area contributed by atoms with Crippen LogP contribution < -0.4 is 0 Å². The summed E-state index contributed by atoms with van der Waals surface area (Å²) in [6.07, 6.45) is 3.05. The molecule has 0 aliphatic carbocycles. The number of carbonyl (C=O) groups is 1. The molecule has 0 aliphatic heterocycles. The van der Waals surface area contributed by atoms with Gasteiger partial charge in [-0.1, -0.05) is 28.1 Å². The Bertz CT molecular complexity index is 358. The maximum absolute atomic E-state index is 10.5. The van der Waals surface area contributed by atoms with Crippen LogP contribution in [-0.2, 0) is 4.79 Å². The summed E-state index contributed by atoms with van der Waals surface area (Å²) in [6, 6.07) is 5.79. The summed E-state index contributed by atoms with van der Waals surface area (Å²) in [6.45, 7) is 1.97. The molecular formula is C10H8BrClO. The van der Waals surface area contributed by atoms with E-state index in [9.17, 15) is 4.79 Å². The van der Waals surface area contributed by atoms with Crippen LogP contribution in [0, 0.1) is 6.92 Å². The molecule has 1 nitrogen and oxygen atoms in total. The molecule has 1 rings (SSSR count). The minimum Gasteiger partial charge on any atom is -0.276 e. The average Bonchev–Trinajstić information content (AvgIpc) is 2.07. The van der Waals surface area contributed by atoms with Gasteiger partial charge in [0, 0.05) is 4.47 Å². The van der Waals surface area contributed by atoms with E-state index in [4.69, 9.17) is 11.6 Å². The lowest BCUT2D eigenvalue weighted by molar-refractivity contribution is -0.107. The van der Waals surface area contributed by atoms with Crippen molar-refractivity contribution < 1.29 is 4.79 Å². The Labute approximate surface area is 90.5 Å². The third-order valence-corrected chi connectivity index (χ3v) is 2.69. The number of allylic oxidation sites excluding steroid dienone is 1. The fourth-order valence-electron chi connectivity index (χ4n) is 0.960. The number of hydrogen-bond donors (Lipinski definition) is 0. The summed E-state index contributed by atoms with van der Waals surface area (Å²) < 4.78 is 1.02. The predicted molar refractivity (Wildman–Crippen MR) is 58.8 cm³/mol. The van der Waals surface area contributed by atoms with Crippen molar-refractivity contribution in [1.29, 1.82) is 0 Å². The van der Waals surface area contributed by atoms with E-state index >= 15 is 0 Å². The van der Waals surface area contributed by atoms with Crippen LogP contribution in [0.3, 0.4) is 0 Å². The summed E-state index contributed by atoms with van der Waals surface area (Å²) in [4.78, 5) is 10.5. The van der Waals surface area contributed by atoms with Crippen LogP contribution in [0.25, 0.3) is 6.08 Å². The summed E-state index contributed by atoms with van der Waals surface area (Å²) >= 11 is 8.58. The molecule has 0 heterocycles. The van der Waals surface area contributed by atoms with Gasteiger partial charge in [-0.15, -0.1) is 0 Å². The first-order valence-electron chi connectivity index (χ1n) is 3.74. The van der Waals surface area contributed by atoms with Gasteiger partial charge in [0.05, 0.1) is 0 Å². The predicted octanol–water partition coefficient (Wildman–Crippen LogP) is 3.54. The Balaban J connectivity index is 3.02. The second-order valence-corrected chi connectivity index (χ2v) is 3.82. The van der Waals surface area contributed by atoms with Crippen molar-refractivity contribution in [2.45, 2.75) is 6.92 Å². The lowest BCUT2D eigenvalue weighted by Crippen LogP contribution is -1.82. The molecule has 0 saturated carbocycles. The van der Waals surface area contributed by atoms with E-state index in [1.54, 1.807) is 6.08 Å². The second kappa shape index (κ2) is 4.58. The third kappa shape index (κ3) is 2.98. The van der Waals surface area contributed by atoms with Gasteiger partial charge >= 0.3 is 0 Å². The van der Waals surface area contributed by atoms with Gasteiger partial charge in [0.15, 0.2) is 0 Å². The molecule has 1 aromatic rings. The minimum absolute atomic E-state index is 0.459. The summed E-state index contributed by atoms with van der Waals surface area (Å²) in [5, 5.41) is -0.459. The zero-order chi connectivity index (χ0) is 9.84. The van der Waals surface area contributed by atoms with Crippen LogP contribution in [0.5, 0.6) is 0 Å². The van der Waals surface area contributed by atoms with Crippen LogP contribution in [0.2, 0.25) is 0 Å². The molecule has 68 valence electrons. The Morgan fingerprint density at radius 3 is 2.85 bits per heavy atom. The first kappa shape index (κ1) is 10.5. The van der Waals surface area contributed by atoms with Crippen molar-refractivity contribution in [3.63, 3.8) is 0 Å². The van der Waals surface area contributed by atoms with Crippen molar-refractivity contribution in [2.24, 2.45) is 0 Å². The Morgan fingerprint density at radius 2 is 2.23 bits per heavy atom.